The Labute approximate surface area is 140 Å². The van der Waals surface area contributed by atoms with Crippen molar-refractivity contribution in [3.63, 3.8) is 0 Å². The van der Waals surface area contributed by atoms with Crippen LogP contribution in [0.25, 0.3) is 0 Å². The van der Waals surface area contributed by atoms with Gasteiger partial charge in [-0.1, -0.05) is 13.8 Å². The Morgan fingerprint density at radius 2 is 2.00 bits per heavy atom. The third-order valence-corrected chi connectivity index (χ3v) is 6.83. The molecule has 8 heteroatoms. The molecule has 1 rings (SSSR count). The Balaban J connectivity index is 0.00000361. The lowest BCUT2D eigenvalue weighted by atomic mass is 10.0. The summed E-state index contributed by atoms with van der Waals surface area (Å²) >= 11 is 4.75. The Morgan fingerprint density at radius 3 is 2.40 bits per heavy atom. The molecule has 0 fully saturated rings. The SMILES string of the molecule is Cc1sc(Br)cc1S(=O)(=O)N(C)CCC(N)C(C)C.Cl. The van der Waals surface area contributed by atoms with Crippen molar-refractivity contribution < 1.29 is 8.42 Å². The van der Waals surface area contributed by atoms with Gasteiger partial charge in [-0.25, -0.2) is 12.7 Å². The number of thiophene rings is 1. The van der Waals surface area contributed by atoms with Crippen molar-refractivity contribution in [1.82, 2.24) is 4.31 Å². The van der Waals surface area contributed by atoms with E-state index in [1.54, 1.807) is 13.1 Å². The minimum absolute atomic E-state index is 0. The molecule has 4 nitrogen and oxygen atoms in total. The maximum atomic E-state index is 12.4. The Morgan fingerprint density at radius 1 is 1.45 bits per heavy atom. The van der Waals surface area contributed by atoms with Gasteiger partial charge in [-0.3, -0.25) is 0 Å². The molecule has 1 heterocycles. The number of nitrogens with two attached hydrogens (primary N) is 1. The molecule has 1 aromatic heterocycles. The third kappa shape index (κ3) is 4.96. The fraction of sp³-hybridized carbons (Fsp3) is 0.667. The van der Waals surface area contributed by atoms with Gasteiger partial charge >= 0.3 is 0 Å². The maximum Gasteiger partial charge on any atom is 0.243 e. The van der Waals surface area contributed by atoms with E-state index in [0.29, 0.717) is 23.8 Å². The number of sulfonamides is 1. The smallest absolute Gasteiger partial charge is 0.243 e. The molecule has 0 aliphatic carbocycles. The van der Waals surface area contributed by atoms with Crippen molar-refractivity contribution in [2.75, 3.05) is 13.6 Å². The fourth-order valence-corrected chi connectivity index (χ4v) is 5.20. The number of rotatable bonds is 6. The van der Waals surface area contributed by atoms with Crippen LogP contribution < -0.4 is 5.73 Å². The van der Waals surface area contributed by atoms with E-state index in [0.717, 1.165) is 8.66 Å². The zero-order valence-electron chi connectivity index (χ0n) is 12.1. The summed E-state index contributed by atoms with van der Waals surface area (Å²) in [5.74, 6) is 0.355. The van der Waals surface area contributed by atoms with Crippen LogP contribution >= 0.6 is 39.7 Å². The standard InChI is InChI=1S/C12H21BrN2O2S2.ClH/c1-8(2)10(14)5-6-15(4)19(16,17)11-7-12(13)18-9(11)3;/h7-8,10H,5-6,14H2,1-4H3;1H. The average Bonchev–Trinajstić information content (AvgIpc) is 2.65. The highest BCUT2D eigenvalue weighted by molar-refractivity contribution is 9.11. The topological polar surface area (TPSA) is 63.4 Å². The van der Waals surface area contributed by atoms with Crippen LogP contribution in [0.5, 0.6) is 0 Å². The molecule has 0 aromatic carbocycles. The second kappa shape index (κ2) is 8.10. The predicted octanol–water partition coefficient (Wildman–Crippen LogP) is 3.23. The minimum Gasteiger partial charge on any atom is -0.327 e. The summed E-state index contributed by atoms with van der Waals surface area (Å²) in [7, 11) is -1.81. The molecular formula is C12H22BrClN2O2S2. The van der Waals surface area contributed by atoms with E-state index in [-0.39, 0.29) is 18.4 Å². The largest absolute Gasteiger partial charge is 0.327 e. The van der Waals surface area contributed by atoms with Crippen LogP contribution in [0, 0.1) is 12.8 Å². The molecule has 118 valence electrons. The van der Waals surface area contributed by atoms with Gasteiger partial charge in [-0.2, -0.15) is 0 Å². The number of hydrogen-bond acceptors (Lipinski definition) is 4. The summed E-state index contributed by atoms with van der Waals surface area (Å²) in [5.41, 5.74) is 5.95. The highest BCUT2D eigenvalue weighted by Gasteiger charge is 2.25. The van der Waals surface area contributed by atoms with Gasteiger partial charge in [0.25, 0.3) is 0 Å². The average molecular weight is 406 g/mol. The first-order valence-corrected chi connectivity index (χ1v) is 9.19. The second-order valence-electron chi connectivity index (χ2n) is 4.99. The maximum absolute atomic E-state index is 12.4. The van der Waals surface area contributed by atoms with Crippen LogP contribution in [0.4, 0.5) is 0 Å². The van der Waals surface area contributed by atoms with Gasteiger partial charge in [0.1, 0.15) is 0 Å². The van der Waals surface area contributed by atoms with E-state index in [1.165, 1.54) is 15.6 Å². The highest BCUT2D eigenvalue weighted by atomic mass is 79.9. The van der Waals surface area contributed by atoms with Crippen LogP contribution in [0.15, 0.2) is 14.7 Å². The zero-order chi connectivity index (χ0) is 14.8. The van der Waals surface area contributed by atoms with Crippen LogP contribution in [0.3, 0.4) is 0 Å². The summed E-state index contributed by atoms with van der Waals surface area (Å²) in [5, 5.41) is 0. The van der Waals surface area contributed by atoms with Gasteiger partial charge < -0.3 is 5.73 Å². The van der Waals surface area contributed by atoms with Gasteiger partial charge in [-0.05, 0) is 41.3 Å². The van der Waals surface area contributed by atoms with Crippen LogP contribution in [0.1, 0.15) is 25.1 Å². The van der Waals surface area contributed by atoms with Crippen molar-refractivity contribution in [2.45, 2.75) is 38.1 Å². The zero-order valence-corrected chi connectivity index (χ0v) is 16.1. The van der Waals surface area contributed by atoms with E-state index in [1.807, 2.05) is 20.8 Å². The second-order valence-corrected chi connectivity index (χ2v) is 9.64. The monoisotopic (exact) mass is 404 g/mol. The van der Waals surface area contributed by atoms with E-state index >= 15 is 0 Å². The van der Waals surface area contributed by atoms with Gasteiger partial charge in [0.2, 0.25) is 10.0 Å². The quantitative estimate of drug-likeness (QED) is 0.790. The first-order chi connectivity index (χ1) is 8.66. The van der Waals surface area contributed by atoms with Gasteiger partial charge in [-0.15, -0.1) is 23.7 Å². The molecule has 1 atom stereocenters. The van der Waals surface area contributed by atoms with Crippen LogP contribution in [-0.2, 0) is 10.0 Å². The summed E-state index contributed by atoms with van der Waals surface area (Å²) in [6, 6.07) is 1.68. The molecule has 1 unspecified atom stereocenters. The molecule has 1 aromatic rings. The summed E-state index contributed by atoms with van der Waals surface area (Å²) in [6.45, 7) is 6.34. The van der Waals surface area contributed by atoms with Gasteiger partial charge in [0, 0.05) is 24.5 Å². The molecule has 0 amide bonds. The number of aryl methyl sites for hydroxylation is 1. The van der Waals surface area contributed by atoms with E-state index in [4.69, 9.17) is 5.73 Å². The van der Waals surface area contributed by atoms with Crippen molar-refractivity contribution in [2.24, 2.45) is 11.7 Å². The molecule has 2 N–H and O–H groups in total. The number of halogens is 2. The van der Waals surface area contributed by atoms with Crippen molar-refractivity contribution in [3.05, 3.63) is 14.7 Å². The minimum atomic E-state index is -3.41. The molecule has 0 radical (unpaired) electrons. The Hall–Kier alpha value is 0.340. The van der Waals surface area contributed by atoms with Crippen molar-refractivity contribution in [1.29, 1.82) is 0 Å². The third-order valence-electron chi connectivity index (χ3n) is 3.16. The van der Waals surface area contributed by atoms with Crippen LogP contribution in [0.2, 0.25) is 0 Å². The molecule has 0 saturated carbocycles. The normalized spacial score (nSPS) is 13.6. The van der Waals surface area contributed by atoms with E-state index in [2.05, 4.69) is 15.9 Å². The molecule has 0 aliphatic rings. The van der Waals surface area contributed by atoms with Gasteiger partial charge in [0.05, 0.1) is 8.68 Å². The molecule has 0 saturated heterocycles. The molecule has 0 spiro atoms. The predicted molar refractivity (Wildman–Crippen MR) is 91.3 cm³/mol. The summed E-state index contributed by atoms with van der Waals surface area (Å²) in [6.07, 6.45) is 0.664. The number of nitrogens with zero attached hydrogens (tertiary/aromatic N) is 1. The summed E-state index contributed by atoms with van der Waals surface area (Å²) in [4.78, 5) is 1.18. The molecular weight excluding hydrogens is 384 g/mol. The number of hydrogen-bond donors (Lipinski definition) is 1. The van der Waals surface area contributed by atoms with E-state index in [9.17, 15) is 8.42 Å². The Kier molecular flexibility index (Phi) is 8.24. The summed E-state index contributed by atoms with van der Waals surface area (Å²) < 4.78 is 27.1. The molecule has 0 bridgehead atoms. The lowest BCUT2D eigenvalue weighted by molar-refractivity contribution is 0.397. The fourth-order valence-electron chi connectivity index (χ4n) is 1.64. The Bertz CT molecular complexity index is 532. The molecule has 0 aliphatic heterocycles. The first-order valence-electron chi connectivity index (χ1n) is 6.14. The lowest BCUT2D eigenvalue weighted by Gasteiger charge is -2.21. The first kappa shape index (κ1) is 20.3. The van der Waals surface area contributed by atoms with Gasteiger partial charge in [0.15, 0.2) is 0 Å². The van der Waals surface area contributed by atoms with Crippen molar-refractivity contribution >= 4 is 49.7 Å². The van der Waals surface area contributed by atoms with E-state index < -0.39 is 10.0 Å². The highest BCUT2D eigenvalue weighted by Crippen LogP contribution is 2.31. The molecule has 20 heavy (non-hydrogen) atoms. The van der Waals surface area contributed by atoms with Crippen LogP contribution in [-0.4, -0.2) is 32.4 Å². The lowest BCUT2D eigenvalue weighted by Crippen LogP contribution is -2.34. The van der Waals surface area contributed by atoms with Crippen molar-refractivity contribution in [3.8, 4) is 0 Å².